The van der Waals surface area contributed by atoms with E-state index in [1.54, 1.807) is 7.11 Å². The van der Waals surface area contributed by atoms with E-state index in [-0.39, 0.29) is 0 Å². The van der Waals surface area contributed by atoms with Crippen molar-refractivity contribution in [2.45, 2.75) is 59.2 Å². The van der Waals surface area contributed by atoms with Crippen LogP contribution < -0.4 is 5.32 Å². The van der Waals surface area contributed by atoms with Crippen LogP contribution in [-0.2, 0) is 11.3 Å². The van der Waals surface area contributed by atoms with E-state index in [0.29, 0.717) is 12.1 Å². The summed E-state index contributed by atoms with van der Waals surface area (Å²) in [5.74, 6) is 0.789. The van der Waals surface area contributed by atoms with Crippen LogP contribution in [0.2, 0.25) is 0 Å². The van der Waals surface area contributed by atoms with Crippen LogP contribution in [-0.4, -0.2) is 52.9 Å². The number of rotatable bonds is 7. The Morgan fingerprint density at radius 1 is 1.17 bits per heavy atom. The van der Waals surface area contributed by atoms with Crippen LogP contribution in [0.1, 0.15) is 54.9 Å². The second-order valence-corrected chi connectivity index (χ2v) is 10.2. The van der Waals surface area contributed by atoms with Crippen LogP contribution in [0.25, 0.3) is 17.0 Å². The molecule has 2 aliphatic heterocycles. The average Bonchev–Trinajstić information content (AvgIpc) is 3.50. The highest BCUT2D eigenvalue weighted by Crippen LogP contribution is 2.31. The number of methoxy groups -OCH3 is 1. The summed E-state index contributed by atoms with van der Waals surface area (Å²) in [5.41, 5.74) is 8.74. The van der Waals surface area contributed by atoms with E-state index in [4.69, 9.17) is 9.73 Å². The highest BCUT2D eigenvalue weighted by Gasteiger charge is 2.25. The Kier molecular flexibility index (Phi) is 6.67. The average molecular weight is 472 g/mol. The standard InChI is InChI=1S/C29H37N5O/c1-18(2)30-21-10-12-34(13-11-21)17-23-22-8-6-7-9-24(22)33-29(23)27-16-28(35-5)26(32-27)15-25-19(3)14-20(4)31-25/h6-9,14-16,18,21,30-31,33H,10-13,17H2,1-5H3/b26-15-. The predicted octanol–water partition coefficient (Wildman–Crippen LogP) is 5.45. The fourth-order valence-electron chi connectivity index (χ4n) is 5.38. The maximum atomic E-state index is 5.73. The van der Waals surface area contributed by atoms with Gasteiger partial charge in [0, 0.05) is 52.6 Å². The molecule has 0 bridgehead atoms. The number of aromatic nitrogens is 2. The van der Waals surface area contributed by atoms with Crippen LogP contribution in [0.15, 0.2) is 52.9 Å². The van der Waals surface area contributed by atoms with Crippen LogP contribution in [0, 0.1) is 13.8 Å². The minimum Gasteiger partial charge on any atom is -0.494 e. The molecule has 0 aliphatic carbocycles. The maximum Gasteiger partial charge on any atom is 0.146 e. The van der Waals surface area contributed by atoms with Gasteiger partial charge in [0.25, 0.3) is 0 Å². The topological polar surface area (TPSA) is 68.4 Å². The lowest BCUT2D eigenvalue weighted by Gasteiger charge is -2.33. The van der Waals surface area contributed by atoms with Crippen LogP contribution in [0.3, 0.4) is 0 Å². The van der Waals surface area contributed by atoms with Crippen molar-refractivity contribution in [1.82, 2.24) is 20.2 Å². The number of H-pyrrole nitrogens is 2. The monoisotopic (exact) mass is 471 g/mol. The SMILES string of the molecule is COC1=CC(c2[nH]c3ccccc3c2CN2CCC(NC(C)C)CC2)=N/C1=C\c1[nH]c(C)cc1C. The van der Waals surface area contributed by atoms with E-state index in [9.17, 15) is 0 Å². The third-order valence-electron chi connectivity index (χ3n) is 7.06. The molecule has 0 amide bonds. The van der Waals surface area contributed by atoms with Gasteiger partial charge in [-0.15, -0.1) is 0 Å². The molecule has 0 atom stereocenters. The number of nitrogens with one attached hydrogen (secondary N) is 3. The molecule has 6 nitrogen and oxygen atoms in total. The van der Waals surface area contributed by atoms with E-state index < -0.39 is 0 Å². The first-order valence-electron chi connectivity index (χ1n) is 12.7. The highest BCUT2D eigenvalue weighted by atomic mass is 16.5. The van der Waals surface area contributed by atoms with Gasteiger partial charge in [-0.05, 0) is 63.6 Å². The minimum absolute atomic E-state index is 0.537. The Hall–Kier alpha value is -3.09. The molecule has 3 aromatic rings. The first-order chi connectivity index (χ1) is 16.9. The summed E-state index contributed by atoms with van der Waals surface area (Å²) in [6.07, 6.45) is 6.52. The molecule has 4 heterocycles. The number of aryl methyl sites for hydroxylation is 2. The molecular formula is C29H37N5O. The van der Waals surface area contributed by atoms with Crippen LogP contribution >= 0.6 is 0 Å². The van der Waals surface area contributed by atoms with Gasteiger partial charge in [0.2, 0.25) is 0 Å². The molecule has 0 saturated carbocycles. The van der Waals surface area contributed by atoms with E-state index in [1.807, 2.05) is 0 Å². The maximum absolute atomic E-state index is 5.73. The fourth-order valence-corrected chi connectivity index (χ4v) is 5.38. The molecule has 3 N–H and O–H groups in total. The molecule has 5 rings (SSSR count). The van der Waals surface area contributed by atoms with Crippen molar-refractivity contribution < 1.29 is 4.74 Å². The molecule has 1 aromatic carbocycles. The van der Waals surface area contributed by atoms with Crippen molar-refractivity contribution in [1.29, 1.82) is 0 Å². The number of hydrogen-bond acceptors (Lipinski definition) is 4. The number of para-hydroxylation sites is 1. The number of benzene rings is 1. The number of ether oxygens (including phenoxy) is 1. The third kappa shape index (κ3) is 5.00. The van der Waals surface area contributed by atoms with Crippen molar-refractivity contribution in [3.8, 4) is 0 Å². The summed E-state index contributed by atoms with van der Waals surface area (Å²) in [7, 11) is 1.71. The normalized spacial score (nSPS) is 18.6. The van der Waals surface area contributed by atoms with Gasteiger partial charge >= 0.3 is 0 Å². The van der Waals surface area contributed by atoms with Gasteiger partial charge in [-0.3, -0.25) is 4.90 Å². The lowest BCUT2D eigenvalue weighted by molar-refractivity contribution is 0.187. The molecule has 2 aromatic heterocycles. The number of nitrogens with zero attached hydrogens (tertiary/aromatic N) is 2. The van der Waals surface area contributed by atoms with Crippen LogP contribution in [0.4, 0.5) is 0 Å². The Morgan fingerprint density at radius 2 is 1.94 bits per heavy atom. The first-order valence-corrected chi connectivity index (χ1v) is 12.7. The summed E-state index contributed by atoms with van der Waals surface area (Å²) in [5, 5.41) is 4.98. The van der Waals surface area contributed by atoms with Gasteiger partial charge in [0.1, 0.15) is 11.5 Å². The Morgan fingerprint density at radius 3 is 2.63 bits per heavy atom. The number of likely N-dealkylation sites (tertiary alicyclic amines) is 1. The molecule has 0 spiro atoms. The summed E-state index contributed by atoms with van der Waals surface area (Å²) in [4.78, 5) is 14.7. The summed E-state index contributed by atoms with van der Waals surface area (Å²) < 4.78 is 5.73. The zero-order chi connectivity index (χ0) is 24.5. The molecule has 1 saturated heterocycles. The summed E-state index contributed by atoms with van der Waals surface area (Å²) in [6.45, 7) is 11.8. The molecule has 35 heavy (non-hydrogen) atoms. The van der Waals surface area contributed by atoms with Crippen molar-refractivity contribution in [3.63, 3.8) is 0 Å². The zero-order valence-electron chi connectivity index (χ0n) is 21.5. The number of fused-ring (bicyclic) bond motifs is 1. The Balaban J connectivity index is 1.46. The predicted molar refractivity (Wildman–Crippen MR) is 145 cm³/mol. The first kappa shape index (κ1) is 23.6. The van der Waals surface area contributed by atoms with Crippen molar-refractivity contribution in [2.75, 3.05) is 20.2 Å². The number of piperidine rings is 1. The third-order valence-corrected chi connectivity index (χ3v) is 7.06. The van der Waals surface area contributed by atoms with Gasteiger partial charge in [-0.1, -0.05) is 32.0 Å². The molecule has 0 unspecified atom stereocenters. The zero-order valence-corrected chi connectivity index (χ0v) is 21.5. The quantitative estimate of drug-likeness (QED) is 0.429. The molecule has 2 aliphatic rings. The highest BCUT2D eigenvalue weighted by molar-refractivity contribution is 6.14. The van der Waals surface area contributed by atoms with Gasteiger partial charge in [-0.2, -0.15) is 0 Å². The molecule has 6 heteroatoms. The lowest BCUT2D eigenvalue weighted by atomic mass is 10.0. The molecule has 184 valence electrons. The number of aromatic amines is 2. The molecule has 0 radical (unpaired) electrons. The Labute approximate surface area is 208 Å². The minimum atomic E-state index is 0.537. The second-order valence-electron chi connectivity index (χ2n) is 10.2. The van der Waals surface area contributed by atoms with E-state index in [0.717, 1.165) is 59.4 Å². The van der Waals surface area contributed by atoms with Crippen LogP contribution in [0.5, 0.6) is 0 Å². The number of hydrogen-bond donors (Lipinski definition) is 3. The fraction of sp³-hybridized carbons (Fsp3) is 0.414. The van der Waals surface area contributed by atoms with E-state index >= 15 is 0 Å². The largest absolute Gasteiger partial charge is 0.494 e. The second kappa shape index (κ2) is 9.88. The van der Waals surface area contributed by atoms with Gasteiger partial charge in [0.15, 0.2) is 0 Å². The number of aliphatic imine (C=N–C) groups is 1. The van der Waals surface area contributed by atoms with Crippen molar-refractivity contribution in [3.05, 3.63) is 76.1 Å². The van der Waals surface area contributed by atoms with Gasteiger partial charge in [-0.25, -0.2) is 4.99 Å². The van der Waals surface area contributed by atoms with E-state index in [2.05, 4.69) is 90.4 Å². The molecular weight excluding hydrogens is 434 g/mol. The van der Waals surface area contributed by atoms with Crippen molar-refractivity contribution in [2.24, 2.45) is 4.99 Å². The van der Waals surface area contributed by atoms with E-state index in [1.165, 1.54) is 29.4 Å². The summed E-state index contributed by atoms with van der Waals surface area (Å²) in [6, 6.07) is 11.9. The van der Waals surface area contributed by atoms with Gasteiger partial charge in [0.05, 0.1) is 18.5 Å². The molecule has 1 fully saturated rings. The Bertz CT molecular complexity index is 1300. The van der Waals surface area contributed by atoms with Gasteiger partial charge < -0.3 is 20.0 Å². The van der Waals surface area contributed by atoms with Crippen molar-refractivity contribution >= 4 is 22.7 Å². The smallest absolute Gasteiger partial charge is 0.146 e. The summed E-state index contributed by atoms with van der Waals surface area (Å²) >= 11 is 0. The lowest BCUT2D eigenvalue weighted by Crippen LogP contribution is -2.44. The number of allylic oxidation sites excluding steroid dienone is 1.